The van der Waals surface area contributed by atoms with Crippen molar-refractivity contribution >= 4 is 27.4 Å². The molecule has 0 aromatic heterocycles. The van der Waals surface area contributed by atoms with Crippen molar-refractivity contribution in [3.05, 3.63) is 106 Å². The van der Waals surface area contributed by atoms with Crippen LogP contribution in [-0.2, 0) is 21.9 Å². The summed E-state index contributed by atoms with van der Waals surface area (Å²) in [6, 6.07) is 20.7. The molecule has 3 aromatic carbocycles. The van der Waals surface area contributed by atoms with Gasteiger partial charge in [-0.25, -0.2) is 8.42 Å². The van der Waals surface area contributed by atoms with Crippen molar-refractivity contribution in [1.29, 1.82) is 0 Å². The highest BCUT2D eigenvalue weighted by Crippen LogP contribution is 2.32. The summed E-state index contributed by atoms with van der Waals surface area (Å²) < 4.78 is 28.3. The highest BCUT2D eigenvalue weighted by atomic mass is 32.2. The topological polar surface area (TPSA) is 117 Å². The van der Waals surface area contributed by atoms with Crippen LogP contribution in [0, 0.1) is 0 Å². The number of nitrogens with zero attached hydrogens (tertiary/aromatic N) is 2. The molecule has 1 N–H and O–H groups in total. The van der Waals surface area contributed by atoms with E-state index in [1.165, 1.54) is 41.5 Å². The minimum absolute atomic E-state index is 0. The molecule has 1 aliphatic carbocycles. The number of fused-ring (bicyclic) bond motifs is 1. The number of aliphatic hydroxyl groups is 1. The molecular formula is C30H36N2O5S. The standard InChI is InChI=1S/C17H20O2.C11H8N2O3S.2CH4/c1-17(2,14-6-4-13(12-18)5-7-14)15-8-10-16(19-3)11-9-15;1-17(15,16)10-4-2-3-8-7(10)5-6-9(13-12)11(8)14;;/h4-11,18H,12H2,1-3H3;2-6H,1H3;2*1H4. The Labute approximate surface area is 226 Å². The number of ketones is 1. The summed E-state index contributed by atoms with van der Waals surface area (Å²) >= 11 is 0. The number of sulfone groups is 1. The molecule has 0 fully saturated rings. The van der Waals surface area contributed by atoms with E-state index in [1.54, 1.807) is 7.11 Å². The number of aliphatic hydroxyl groups excluding tert-OH is 1. The highest BCUT2D eigenvalue weighted by Gasteiger charge is 2.28. The number of allylic oxidation sites excluding steroid dienone is 1. The zero-order valence-electron chi connectivity index (χ0n) is 20.6. The molecule has 0 atom stereocenters. The van der Waals surface area contributed by atoms with Crippen molar-refractivity contribution in [3.63, 3.8) is 0 Å². The van der Waals surface area contributed by atoms with Crippen molar-refractivity contribution in [3.8, 4) is 5.75 Å². The maximum atomic E-state index is 11.8. The average molecular weight is 537 g/mol. The van der Waals surface area contributed by atoms with Crippen LogP contribution in [0.25, 0.3) is 11.6 Å². The molecule has 0 unspecified atom stereocenters. The molecule has 1 aliphatic rings. The summed E-state index contributed by atoms with van der Waals surface area (Å²) in [7, 11) is -1.72. The van der Waals surface area contributed by atoms with Gasteiger partial charge >= 0.3 is 5.71 Å². The summed E-state index contributed by atoms with van der Waals surface area (Å²) in [5.41, 5.74) is 12.4. The second-order valence-corrected chi connectivity index (χ2v) is 10.8. The van der Waals surface area contributed by atoms with Crippen LogP contribution in [0.2, 0.25) is 0 Å². The molecule has 0 aliphatic heterocycles. The van der Waals surface area contributed by atoms with Crippen LogP contribution in [-0.4, -0.2) is 43.2 Å². The maximum absolute atomic E-state index is 11.8. The van der Waals surface area contributed by atoms with E-state index >= 15 is 0 Å². The van der Waals surface area contributed by atoms with Crippen LogP contribution >= 0.6 is 0 Å². The molecule has 0 bridgehead atoms. The molecule has 3 aromatic rings. The minimum atomic E-state index is -3.40. The Balaban J connectivity index is 0.000000363. The number of methoxy groups -OCH3 is 1. The van der Waals surface area contributed by atoms with Crippen molar-refractivity contribution in [1.82, 2.24) is 0 Å². The molecule has 4 rings (SSSR count). The number of Topliss-reactive ketones (excluding diaryl/α,β-unsaturated/α-hetero) is 1. The van der Waals surface area contributed by atoms with Gasteiger partial charge in [-0.2, -0.15) is 4.79 Å². The number of benzene rings is 3. The average Bonchev–Trinajstić information content (AvgIpc) is 2.88. The van der Waals surface area contributed by atoms with Gasteiger partial charge in [0, 0.05) is 28.9 Å². The normalized spacial score (nSPS) is 12.1. The number of hydrogen-bond donors (Lipinski definition) is 1. The first-order chi connectivity index (χ1) is 17.0. The van der Waals surface area contributed by atoms with Crippen LogP contribution < -0.4 is 4.74 Å². The third-order valence-corrected chi connectivity index (χ3v) is 7.28. The Bertz CT molecular complexity index is 1400. The first-order valence-corrected chi connectivity index (χ1v) is 13.0. The van der Waals surface area contributed by atoms with E-state index in [1.807, 2.05) is 24.3 Å². The molecule has 0 saturated carbocycles. The lowest BCUT2D eigenvalue weighted by molar-refractivity contribution is -0.00436. The first-order valence-electron chi connectivity index (χ1n) is 11.2. The van der Waals surface area contributed by atoms with Crippen molar-refractivity contribution in [2.45, 2.75) is 45.6 Å². The second kappa shape index (κ2) is 13.1. The SMILES string of the molecule is C.C.COc1ccc(C(C)(C)c2ccc(CO)cc2)cc1.CS(=O)(=O)c1cccc2c1C=CC(=[N+]=[N-])C2=O. The molecule has 7 nitrogen and oxygen atoms in total. The lowest BCUT2D eigenvalue weighted by Crippen LogP contribution is -2.19. The number of rotatable bonds is 5. The van der Waals surface area contributed by atoms with Gasteiger partial charge in [-0.1, -0.05) is 77.2 Å². The predicted molar refractivity (Wildman–Crippen MR) is 152 cm³/mol. The summed E-state index contributed by atoms with van der Waals surface area (Å²) in [5, 5.41) is 9.09. The fraction of sp³-hybridized carbons (Fsp3) is 0.267. The smallest absolute Gasteiger partial charge is 0.362 e. The van der Waals surface area contributed by atoms with Crippen molar-refractivity contribution < 1.29 is 27.8 Å². The number of hydrogen-bond acceptors (Lipinski definition) is 5. The van der Waals surface area contributed by atoms with Crippen LogP contribution in [0.15, 0.2) is 77.7 Å². The molecule has 38 heavy (non-hydrogen) atoms. The van der Waals surface area contributed by atoms with Gasteiger partial charge in [0.2, 0.25) is 0 Å². The maximum Gasteiger partial charge on any atom is 0.362 e. The second-order valence-electron chi connectivity index (χ2n) is 8.85. The molecule has 8 heteroatoms. The first kappa shape index (κ1) is 32.2. The number of carbonyl (C=O) groups is 1. The fourth-order valence-electron chi connectivity index (χ4n) is 3.89. The fourth-order valence-corrected chi connectivity index (χ4v) is 4.80. The lowest BCUT2D eigenvalue weighted by Gasteiger charge is -2.26. The quantitative estimate of drug-likeness (QED) is 0.329. The molecule has 0 spiro atoms. The Morgan fingerprint density at radius 2 is 1.47 bits per heavy atom. The zero-order chi connectivity index (χ0) is 26.5. The van der Waals surface area contributed by atoms with Gasteiger partial charge in [0.1, 0.15) is 5.75 Å². The third kappa shape index (κ3) is 6.92. The zero-order valence-corrected chi connectivity index (χ0v) is 21.4. The van der Waals surface area contributed by atoms with Crippen LogP contribution in [0.4, 0.5) is 0 Å². The Morgan fingerprint density at radius 3 is 1.95 bits per heavy atom. The van der Waals surface area contributed by atoms with Crippen LogP contribution in [0.3, 0.4) is 0 Å². The Morgan fingerprint density at radius 1 is 0.921 bits per heavy atom. The van der Waals surface area contributed by atoms with Gasteiger partial charge in [0.05, 0.1) is 18.6 Å². The van der Waals surface area contributed by atoms with E-state index in [4.69, 9.17) is 15.4 Å². The van der Waals surface area contributed by atoms with Gasteiger partial charge in [-0.3, -0.25) is 4.79 Å². The third-order valence-electron chi connectivity index (χ3n) is 6.13. The van der Waals surface area contributed by atoms with Crippen molar-refractivity contribution in [2.75, 3.05) is 13.4 Å². The summed E-state index contributed by atoms with van der Waals surface area (Å²) in [5.74, 6) is 0.380. The van der Waals surface area contributed by atoms with Gasteiger partial charge in [0.25, 0.3) is 5.78 Å². The monoisotopic (exact) mass is 536 g/mol. The molecule has 0 heterocycles. The van der Waals surface area contributed by atoms with Crippen LogP contribution in [0.5, 0.6) is 5.75 Å². The largest absolute Gasteiger partial charge is 0.497 e. The molecule has 0 amide bonds. The van der Waals surface area contributed by atoms with E-state index < -0.39 is 15.6 Å². The van der Waals surface area contributed by atoms with E-state index in [-0.39, 0.29) is 43.0 Å². The van der Waals surface area contributed by atoms with E-state index in [0.717, 1.165) is 17.6 Å². The summed E-state index contributed by atoms with van der Waals surface area (Å²) in [6.07, 6.45) is 3.83. The Kier molecular flexibility index (Phi) is 11.1. The predicted octanol–water partition coefficient (Wildman–Crippen LogP) is 5.76. The lowest BCUT2D eigenvalue weighted by atomic mass is 9.78. The van der Waals surface area contributed by atoms with Gasteiger partial charge in [-0.05, 0) is 41.0 Å². The molecule has 0 saturated heterocycles. The van der Waals surface area contributed by atoms with Gasteiger partial charge in [0.15, 0.2) is 9.84 Å². The summed E-state index contributed by atoms with van der Waals surface area (Å²) in [4.78, 5) is 14.7. The van der Waals surface area contributed by atoms with E-state index in [0.29, 0.717) is 5.56 Å². The number of carbonyl (C=O) groups excluding carboxylic acids is 1. The van der Waals surface area contributed by atoms with E-state index in [9.17, 15) is 13.2 Å². The molecule has 202 valence electrons. The minimum Gasteiger partial charge on any atom is -0.497 e. The molecular weight excluding hydrogens is 500 g/mol. The Hall–Kier alpha value is -3.84. The van der Waals surface area contributed by atoms with Crippen LogP contribution in [0.1, 0.15) is 61.3 Å². The van der Waals surface area contributed by atoms with Gasteiger partial charge in [-0.15, -0.1) is 0 Å². The van der Waals surface area contributed by atoms with E-state index in [2.05, 4.69) is 42.9 Å². The highest BCUT2D eigenvalue weighted by molar-refractivity contribution is 7.90. The summed E-state index contributed by atoms with van der Waals surface area (Å²) in [6.45, 7) is 4.48. The molecule has 0 radical (unpaired) electrons. The van der Waals surface area contributed by atoms with Gasteiger partial charge < -0.3 is 15.4 Å². The number of ether oxygens (including phenoxy) is 1. The van der Waals surface area contributed by atoms with Crippen molar-refractivity contribution in [2.24, 2.45) is 0 Å².